The van der Waals surface area contributed by atoms with E-state index in [0.29, 0.717) is 5.75 Å². The summed E-state index contributed by atoms with van der Waals surface area (Å²) in [6.45, 7) is 6.82. The van der Waals surface area contributed by atoms with E-state index in [1.165, 1.54) is 13.2 Å². The fourth-order valence-electron chi connectivity index (χ4n) is 1.88. The van der Waals surface area contributed by atoms with Gasteiger partial charge in [-0.25, -0.2) is 4.39 Å². The first-order chi connectivity index (χ1) is 8.72. The van der Waals surface area contributed by atoms with Crippen LogP contribution in [0.5, 0.6) is 5.75 Å². The summed E-state index contributed by atoms with van der Waals surface area (Å²) in [5, 5.41) is 3.47. The summed E-state index contributed by atoms with van der Waals surface area (Å²) < 4.78 is 18.4. The normalized spacial score (nSPS) is 12.2. The van der Waals surface area contributed by atoms with Crippen molar-refractivity contribution >= 4 is 0 Å². The van der Waals surface area contributed by atoms with Crippen molar-refractivity contribution in [2.24, 2.45) is 0 Å². The highest BCUT2D eigenvalue weighted by Gasteiger charge is 2.12. The van der Waals surface area contributed by atoms with Crippen molar-refractivity contribution in [3.8, 4) is 5.75 Å². The van der Waals surface area contributed by atoms with Gasteiger partial charge < -0.3 is 10.1 Å². The Kier molecular flexibility index (Phi) is 6.44. The first-order valence-electron chi connectivity index (χ1n) is 6.40. The van der Waals surface area contributed by atoms with Gasteiger partial charge in [0.25, 0.3) is 0 Å². The van der Waals surface area contributed by atoms with Crippen LogP contribution in [0, 0.1) is 5.82 Å². The Balaban J connectivity index is 2.85. The number of methoxy groups -OCH3 is 1. The maximum absolute atomic E-state index is 13.4. The molecule has 0 aliphatic rings. The van der Waals surface area contributed by atoms with Crippen LogP contribution in [0.1, 0.15) is 37.8 Å². The average Bonchev–Trinajstić information content (AvgIpc) is 2.40. The molecule has 100 valence electrons. The van der Waals surface area contributed by atoms with Crippen molar-refractivity contribution in [1.82, 2.24) is 5.32 Å². The maximum atomic E-state index is 13.4. The smallest absolute Gasteiger partial charge is 0.165 e. The summed E-state index contributed by atoms with van der Waals surface area (Å²) in [7, 11) is 1.49. The van der Waals surface area contributed by atoms with Crippen LogP contribution in [0.3, 0.4) is 0 Å². The molecule has 3 heteroatoms. The molecule has 0 radical (unpaired) electrons. The second-order valence-electron chi connectivity index (χ2n) is 4.27. The largest absolute Gasteiger partial charge is 0.494 e. The molecule has 18 heavy (non-hydrogen) atoms. The topological polar surface area (TPSA) is 21.3 Å². The van der Waals surface area contributed by atoms with Gasteiger partial charge in [0, 0.05) is 6.04 Å². The quantitative estimate of drug-likeness (QED) is 0.709. The van der Waals surface area contributed by atoms with E-state index in [-0.39, 0.29) is 11.9 Å². The van der Waals surface area contributed by atoms with Gasteiger partial charge in [0.1, 0.15) is 0 Å². The van der Waals surface area contributed by atoms with Crippen molar-refractivity contribution in [1.29, 1.82) is 0 Å². The van der Waals surface area contributed by atoms with Gasteiger partial charge in [0.2, 0.25) is 0 Å². The zero-order valence-electron chi connectivity index (χ0n) is 11.2. The predicted molar refractivity (Wildman–Crippen MR) is 73.4 cm³/mol. The molecular weight excluding hydrogens is 229 g/mol. The molecule has 1 aromatic carbocycles. The van der Waals surface area contributed by atoms with Crippen molar-refractivity contribution in [2.75, 3.05) is 13.7 Å². The Bertz CT molecular complexity index is 379. The lowest BCUT2D eigenvalue weighted by Gasteiger charge is -2.19. The molecule has 0 aromatic heterocycles. The molecule has 0 fully saturated rings. The lowest BCUT2D eigenvalue weighted by Crippen LogP contribution is -2.22. The van der Waals surface area contributed by atoms with Crippen LogP contribution in [0.25, 0.3) is 0 Å². The van der Waals surface area contributed by atoms with Gasteiger partial charge >= 0.3 is 0 Å². The van der Waals surface area contributed by atoms with Crippen LogP contribution in [0.15, 0.2) is 30.9 Å². The van der Waals surface area contributed by atoms with Crippen LogP contribution in [-0.4, -0.2) is 13.7 Å². The van der Waals surface area contributed by atoms with E-state index < -0.39 is 0 Å². The summed E-state index contributed by atoms with van der Waals surface area (Å²) in [6, 6.07) is 5.26. The summed E-state index contributed by atoms with van der Waals surface area (Å²) >= 11 is 0. The van der Waals surface area contributed by atoms with Gasteiger partial charge in [-0.1, -0.05) is 19.1 Å². The van der Waals surface area contributed by atoms with Gasteiger partial charge in [0.15, 0.2) is 11.6 Å². The standard InChI is InChI=1S/C15H22FNO/c1-4-6-7-14(17-10-5-2)12-8-9-13(16)15(11-12)18-3/h4,8-9,11,14,17H,1,5-7,10H2,2-3H3. The highest BCUT2D eigenvalue weighted by molar-refractivity contribution is 5.32. The summed E-state index contributed by atoms with van der Waals surface area (Å²) in [5.41, 5.74) is 1.06. The fraction of sp³-hybridized carbons (Fsp3) is 0.467. The second kappa shape index (κ2) is 7.88. The van der Waals surface area contributed by atoms with Crippen LogP contribution in [0.4, 0.5) is 4.39 Å². The summed E-state index contributed by atoms with van der Waals surface area (Å²) in [6.07, 6.45) is 4.86. The zero-order chi connectivity index (χ0) is 13.4. The number of ether oxygens (including phenoxy) is 1. The van der Waals surface area contributed by atoms with Gasteiger partial charge in [-0.15, -0.1) is 6.58 Å². The minimum Gasteiger partial charge on any atom is -0.494 e. The monoisotopic (exact) mass is 251 g/mol. The molecule has 0 bridgehead atoms. The molecule has 0 heterocycles. The van der Waals surface area contributed by atoms with E-state index >= 15 is 0 Å². The first kappa shape index (κ1) is 14.7. The van der Waals surface area contributed by atoms with Gasteiger partial charge in [-0.3, -0.25) is 0 Å². The Morgan fingerprint density at radius 1 is 1.50 bits per heavy atom. The van der Waals surface area contributed by atoms with Crippen molar-refractivity contribution in [3.05, 3.63) is 42.2 Å². The zero-order valence-corrected chi connectivity index (χ0v) is 11.2. The molecule has 0 saturated carbocycles. The van der Waals surface area contributed by atoms with E-state index in [9.17, 15) is 4.39 Å². The average molecular weight is 251 g/mol. The Morgan fingerprint density at radius 2 is 2.28 bits per heavy atom. The van der Waals surface area contributed by atoms with Crippen molar-refractivity contribution in [2.45, 2.75) is 32.2 Å². The van der Waals surface area contributed by atoms with Gasteiger partial charge in [-0.2, -0.15) is 0 Å². The Hall–Kier alpha value is -1.35. The summed E-state index contributed by atoms with van der Waals surface area (Å²) in [5.74, 6) is -0.0198. The molecule has 0 saturated heterocycles. The van der Waals surface area contributed by atoms with E-state index in [1.54, 1.807) is 6.07 Å². The minimum atomic E-state index is -0.320. The molecule has 1 N–H and O–H groups in total. The predicted octanol–water partition coefficient (Wildman–Crippen LogP) is 3.84. The summed E-state index contributed by atoms with van der Waals surface area (Å²) in [4.78, 5) is 0. The lowest BCUT2D eigenvalue weighted by molar-refractivity contribution is 0.384. The van der Waals surface area contributed by atoms with Crippen LogP contribution in [0.2, 0.25) is 0 Å². The van der Waals surface area contributed by atoms with Crippen LogP contribution >= 0.6 is 0 Å². The Morgan fingerprint density at radius 3 is 2.89 bits per heavy atom. The van der Waals surface area contributed by atoms with Crippen molar-refractivity contribution in [3.63, 3.8) is 0 Å². The molecule has 0 spiro atoms. The second-order valence-corrected chi connectivity index (χ2v) is 4.27. The number of hydrogen-bond acceptors (Lipinski definition) is 2. The molecule has 1 rings (SSSR count). The van der Waals surface area contributed by atoms with E-state index in [4.69, 9.17) is 4.74 Å². The minimum absolute atomic E-state index is 0.220. The third-order valence-corrected chi connectivity index (χ3v) is 2.88. The first-order valence-corrected chi connectivity index (χ1v) is 6.40. The molecule has 0 amide bonds. The fourth-order valence-corrected chi connectivity index (χ4v) is 1.88. The number of benzene rings is 1. The molecular formula is C15H22FNO. The van der Waals surface area contributed by atoms with Gasteiger partial charge in [-0.05, 0) is 43.5 Å². The SMILES string of the molecule is C=CCCC(NCCC)c1ccc(F)c(OC)c1. The molecule has 2 nitrogen and oxygen atoms in total. The van der Waals surface area contributed by atoms with Crippen LogP contribution in [-0.2, 0) is 0 Å². The number of hydrogen-bond donors (Lipinski definition) is 1. The van der Waals surface area contributed by atoms with E-state index in [2.05, 4.69) is 18.8 Å². The molecule has 0 aliphatic heterocycles. The molecule has 1 unspecified atom stereocenters. The highest BCUT2D eigenvalue weighted by atomic mass is 19.1. The molecule has 0 aliphatic carbocycles. The van der Waals surface area contributed by atoms with Crippen LogP contribution < -0.4 is 10.1 Å². The maximum Gasteiger partial charge on any atom is 0.165 e. The third-order valence-electron chi connectivity index (χ3n) is 2.88. The number of rotatable bonds is 8. The van der Waals surface area contributed by atoms with Crippen molar-refractivity contribution < 1.29 is 9.13 Å². The Labute approximate surface area is 109 Å². The van der Waals surface area contributed by atoms with Gasteiger partial charge in [0.05, 0.1) is 7.11 Å². The number of allylic oxidation sites excluding steroid dienone is 1. The van der Waals surface area contributed by atoms with E-state index in [0.717, 1.165) is 31.4 Å². The number of halogens is 1. The van der Waals surface area contributed by atoms with E-state index in [1.807, 2.05) is 12.1 Å². The molecule has 1 atom stereocenters. The highest BCUT2D eigenvalue weighted by Crippen LogP contribution is 2.25. The lowest BCUT2D eigenvalue weighted by atomic mass is 10.0. The molecule has 1 aromatic rings. The third kappa shape index (κ3) is 4.15. The number of nitrogens with one attached hydrogen (secondary N) is 1.